The fourth-order valence-corrected chi connectivity index (χ4v) is 11.3. The molecule has 0 radical (unpaired) electrons. The van der Waals surface area contributed by atoms with E-state index >= 15 is 0 Å². The number of hydrogen-bond donors (Lipinski definition) is 3. The Kier molecular flexibility index (Phi) is 54.8. The molecule has 3 N–H and O–H groups in total. The topological polar surface area (TPSA) is 237 Å². The van der Waals surface area contributed by atoms with Crippen molar-refractivity contribution in [2.45, 2.75) is 337 Å². The van der Waals surface area contributed by atoms with Gasteiger partial charge in [-0.25, -0.2) is 9.13 Å². The van der Waals surface area contributed by atoms with Gasteiger partial charge in [-0.2, -0.15) is 0 Å². The van der Waals surface area contributed by atoms with Crippen LogP contribution in [-0.4, -0.2) is 96.7 Å². The third-order valence-electron chi connectivity index (χ3n) is 15.4. The molecule has 504 valence electrons. The van der Waals surface area contributed by atoms with Gasteiger partial charge in [-0.15, -0.1) is 0 Å². The minimum Gasteiger partial charge on any atom is -0.462 e. The SMILES string of the molecule is CCC(C)CCCCCCCCCCCCC(=O)OC[C@H](COP(=O)(O)OCC(O)COP(=O)(O)OC[C@@H](COC(=O)CCCCCCCCCC(C)C)OC(=O)CCCCCCCCC(C)C)OC(=O)CCCCCCCCCCCC(C)C. The van der Waals surface area contributed by atoms with Crippen LogP contribution < -0.4 is 0 Å². The van der Waals surface area contributed by atoms with Crippen molar-refractivity contribution >= 4 is 39.5 Å². The predicted octanol–water partition coefficient (Wildman–Crippen LogP) is 18.1. The number of phosphoric acid groups is 2. The van der Waals surface area contributed by atoms with Crippen molar-refractivity contribution < 1.29 is 80.2 Å². The maximum atomic E-state index is 13.0. The summed E-state index contributed by atoms with van der Waals surface area (Å²) < 4.78 is 68.0. The molecule has 0 spiro atoms. The zero-order valence-corrected chi connectivity index (χ0v) is 57.0. The Labute approximate surface area is 517 Å². The van der Waals surface area contributed by atoms with Crippen molar-refractivity contribution in [1.29, 1.82) is 0 Å². The minimum absolute atomic E-state index is 0.101. The molecule has 0 rings (SSSR count). The maximum Gasteiger partial charge on any atom is 0.472 e. The standard InChI is InChI=1S/C66H128O17P2/c1-9-59(8)45-37-29-20-14-10-11-15-21-30-38-46-63(68)76-52-61(82-65(70)48-40-32-22-16-12-13-18-26-34-42-56(2)3)54-80-84(72,73)78-50-60(67)51-79-85(74,75)81-55-62(83-66(71)49-41-33-25-24-28-36-44-58(6)7)53-77-64(69)47-39-31-23-17-19-27-35-43-57(4)5/h56-62,67H,9-55H2,1-8H3,(H,72,73)(H,74,75)/t59?,60?,61-,62-/m1/s1. The Morgan fingerprint density at radius 3 is 0.835 bits per heavy atom. The van der Waals surface area contributed by atoms with E-state index in [0.29, 0.717) is 37.5 Å². The number of hydrogen-bond acceptors (Lipinski definition) is 15. The molecule has 0 aromatic heterocycles. The van der Waals surface area contributed by atoms with Crippen LogP contribution in [0.25, 0.3) is 0 Å². The first-order valence-corrected chi connectivity index (χ1v) is 37.2. The molecule has 6 atom stereocenters. The van der Waals surface area contributed by atoms with Crippen LogP contribution in [0, 0.1) is 23.7 Å². The maximum absolute atomic E-state index is 13.0. The molecule has 0 aliphatic rings. The van der Waals surface area contributed by atoms with Crippen LogP contribution in [-0.2, 0) is 65.4 Å². The molecule has 0 bridgehead atoms. The lowest BCUT2D eigenvalue weighted by Crippen LogP contribution is -2.30. The number of carbonyl (C=O) groups is 4. The molecule has 0 aliphatic carbocycles. The van der Waals surface area contributed by atoms with Crippen molar-refractivity contribution in [3.63, 3.8) is 0 Å². The second-order valence-electron chi connectivity index (χ2n) is 25.5. The zero-order valence-electron chi connectivity index (χ0n) is 55.2. The van der Waals surface area contributed by atoms with Gasteiger partial charge >= 0.3 is 39.5 Å². The summed E-state index contributed by atoms with van der Waals surface area (Å²) in [5, 5.41) is 10.5. The molecule has 0 aliphatic heterocycles. The van der Waals surface area contributed by atoms with E-state index in [0.717, 1.165) is 108 Å². The highest BCUT2D eigenvalue weighted by atomic mass is 31.2. The lowest BCUT2D eigenvalue weighted by Gasteiger charge is -2.21. The average Bonchev–Trinajstić information content (AvgIpc) is 3.52. The summed E-state index contributed by atoms with van der Waals surface area (Å²) in [6.07, 6.45) is 36.4. The second kappa shape index (κ2) is 56.1. The average molecular weight is 1260 g/mol. The number of phosphoric ester groups is 2. The van der Waals surface area contributed by atoms with Crippen molar-refractivity contribution in [1.82, 2.24) is 0 Å². The molecule has 0 saturated heterocycles. The predicted molar refractivity (Wildman–Crippen MR) is 340 cm³/mol. The first kappa shape index (κ1) is 83.1. The van der Waals surface area contributed by atoms with E-state index in [4.69, 9.17) is 37.0 Å². The number of rotatable bonds is 63. The first-order chi connectivity index (χ1) is 40.6. The monoisotopic (exact) mass is 1250 g/mol. The van der Waals surface area contributed by atoms with Gasteiger partial charge in [-0.05, 0) is 49.4 Å². The van der Waals surface area contributed by atoms with Crippen LogP contribution >= 0.6 is 15.6 Å². The number of ether oxygens (including phenoxy) is 4. The molecule has 0 amide bonds. The largest absolute Gasteiger partial charge is 0.472 e. The minimum atomic E-state index is -4.95. The van der Waals surface area contributed by atoms with Crippen molar-refractivity contribution in [2.75, 3.05) is 39.6 Å². The zero-order chi connectivity index (χ0) is 63.2. The van der Waals surface area contributed by atoms with Gasteiger partial charge in [0.05, 0.1) is 26.4 Å². The van der Waals surface area contributed by atoms with Crippen molar-refractivity contribution in [3.8, 4) is 0 Å². The smallest absolute Gasteiger partial charge is 0.462 e. The molecule has 19 heteroatoms. The van der Waals surface area contributed by atoms with Crippen LogP contribution in [0.15, 0.2) is 0 Å². The second-order valence-corrected chi connectivity index (χ2v) is 28.4. The number of unbranched alkanes of at least 4 members (excludes halogenated alkanes) is 28. The van der Waals surface area contributed by atoms with Crippen molar-refractivity contribution in [3.05, 3.63) is 0 Å². The van der Waals surface area contributed by atoms with E-state index in [1.54, 1.807) is 0 Å². The van der Waals surface area contributed by atoms with Gasteiger partial charge in [-0.1, -0.05) is 267 Å². The Morgan fingerprint density at radius 1 is 0.329 bits per heavy atom. The molecule has 4 unspecified atom stereocenters. The van der Waals surface area contributed by atoms with Crippen LogP contribution in [0.4, 0.5) is 0 Å². The Morgan fingerprint density at radius 2 is 0.565 bits per heavy atom. The Hall–Kier alpha value is -1.94. The summed E-state index contributed by atoms with van der Waals surface area (Å²) in [7, 11) is -9.89. The molecular formula is C66H128O17P2. The molecule has 0 aromatic rings. The number of esters is 4. The summed E-state index contributed by atoms with van der Waals surface area (Å²) in [5.74, 6) is 0.780. The number of aliphatic hydroxyl groups is 1. The highest BCUT2D eigenvalue weighted by molar-refractivity contribution is 7.47. The number of aliphatic hydroxyl groups excluding tert-OH is 1. The van der Waals surface area contributed by atoms with Crippen LogP contribution in [0.3, 0.4) is 0 Å². The summed E-state index contributed by atoms with van der Waals surface area (Å²) in [4.78, 5) is 72.3. The molecule has 0 aromatic carbocycles. The van der Waals surface area contributed by atoms with Gasteiger partial charge in [0.1, 0.15) is 19.3 Å². The van der Waals surface area contributed by atoms with Gasteiger partial charge in [0.15, 0.2) is 12.2 Å². The highest BCUT2D eigenvalue weighted by Gasteiger charge is 2.30. The van der Waals surface area contributed by atoms with Gasteiger partial charge in [0, 0.05) is 25.7 Å². The van der Waals surface area contributed by atoms with Crippen molar-refractivity contribution in [2.24, 2.45) is 23.7 Å². The van der Waals surface area contributed by atoms with Gasteiger partial charge in [0.2, 0.25) is 0 Å². The van der Waals surface area contributed by atoms with E-state index in [2.05, 4.69) is 55.4 Å². The Bertz CT molecular complexity index is 1700. The lowest BCUT2D eigenvalue weighted by molar-refractivity contribution is -0.161. The summed E-state index contributed by atoms with van der Waals surface area (Å²) in [5.41, 5.74) is 0. The van der Waals surface area contributed by atoms with E-state index in [9.17, 15) is 43.2 Å². The van der Waals surface area contributed by atoms with Gasteiger partial charge < -0.3 is 33.8 Å². The number of carbonyl (C=O) groups excluding carboxylic acids is 4. The highest BCUT2D eigenvalue weighted by Crippen LogP contribution is 2.45. The molecule has 0 saturated carbocycles. The van der Waals surface area contributed by atoms with E-state index < -0.39 is 97.5 Å². The van der Waals surface area contributed by atoms with Gasteiger partial charge in [0.25, 0.3) is 0 Å². The Balaban J connectivity index is 5.24. The molecule has 0 heterocycles. The fourth-order valence-electron chi connectivity index (χ4n) is 9.75. The summed E-state index contributed by atoms with van der Waals surface area (Å²) in [6, 6.07) is 0. The summed E-state index contributed by atoms with van der Waals surface area (Å²) in [6.45, 7) is 14.0. The van der Waals surface area contributed by atoms with E-state index in [1.807, 2.05) is 0 Å². The lowest BCUT2D eigenvalue weighted by atomic mass is 9.99. The van der Waals surface area contributed by atoms with Gasteiger partial charge in [-0.3, -0.25) is 37.3 Å². The fraction of sp³-hybridized carbons (Fsp3) is 0.939. The normalized spacial score (nSPS) is 14.7. The van der Waals surface area contributed by atoms with Crippen LogP contribution in [0.1, 0.15) is 319 Å². The van der Waals surface area contributed by atoms with E-state index in [-0.39, 0.29) is 25.7 Å². The third kappa shape index (κ3) is 59.5. The van der Waals surface area contributed by atoms with Crippen LogP contribution in [0.5, 0.6) is 0 Å². The van der Waals surface area contributed by atoms with E-state index in [1.165, 1.54) is 116 Å². The quantitative estimate of drug-likeness (QED) is 0.0222. The summed E-state index contributed by atoms with van der Waals surface area (Å²) >= 11 is 0. The molecule has 85 heavy (non-hydrogen) atoms. The molecule has 0 fully saturated rings. The molecular weight excluding hydrogens is 1130 g/mol. The molecule has 17 nitrogen and oxygen atoms in total. The van der Waals surface area contributed by atoms with Crippen LogP contribution in [0.2, 0.25) is 0 Å². The third-order valence-corrected chi connectivity index (χ3v) is 17.3. The first-order valence-electron chi connectivity index (χ1n) is 34.2.